The lowest BCUT2D eigenvalue weighted by molar-refractivity contribution is -0.118. The van der Waals surface area contributed by atoms with Crippen molar-refractivity contribution in [3.8, 4) is 0 Å². The number of carbonyl (C=O) groups excluding carboxylic acids is 1. The number of primary amides is 1. The van der Waals surface area contributed by atoms with Crippen LogP contribution in [0.3, 0.4) is 0 Å². The fraction of sp³-hybridized carbons (Fsp3) is 0.462. The summed E-state index contributed by atoms with van der Waals surface area (Å²) in [5, 5.41) is 4.73. The van der Waals surface area contributed by atoms with Crippen LogP contribution >= 0.6 is 23.2 Å². The third-order valence-corrected chi connectivity index (χ3v) is 3.30. The second-order valence-corrected chi connectivity index (χ2v) is 5.11. The molecule has 1 aromatic rings. The molecule has 5 heteroatoms. The molecule has 0 aliphatic rings. The summed E-state index contributed by atoms with van der Waals surface area (Å²) in [6.07, 6.45) is 2.15. The van der Waals surface area contributed by atoms with Crippen molar-refractivity contribution >= 4 is 29.1 Å². The molecule has 1 aromatic carbocycles. The molecule has 18 heavy (non-hydrogen) atoms. The van der Waals surface area contributed by atoms with Crippen molar-refractivity contribution in [2.45, 2.75) is 32.2 Å². The predicted octanol–water partition coefficient (Wildman–Crippen LogP) is 3.30. The van der Waals surface area contributed by atoms with Crippen LogP contribution in [-0.4, -0.2) is 12.5 Å². The molecule has 3 N–H and O–H groups in total. The first-order valence-electron chi connectivity index (χ1n) is 5.97. The monoisotopic (exact) mass is 288 g/mol. The summed E-state index contributed by atoms with van der Waals surface area (Å²) in [4.78, 5) is 10.6. The van der Waals surface area contributed by atoms with E-state index in [-0.39, 0.29) is 11.9 Å². The zero-order chi connectivity index (χ0) is 13.5. The number of benzene rings is 1. The van der Waals surface area contributed by atoms with E-state index < -0.39 is 0 Å². The zero-order valence-corrected chi connectivity index (χ0v) is 11.9. The molecule has 0 bridgehead atoms. The molecule has 0 aliphatic carbocycles. The molecule has 100 valence electrons. The predicted molar refractivity (Wildman–Crippen MR) is 75.9 cm³/mol. The van der Waals surface area contributed by atoms with Crippen LogP contribution in [0, 0.1) is 0 Å². The van der Waals surface area contributed by atoms with E-state index in [0.29, 0.717) is 16.5 Å². The van der Waals surface area contributed by atoms with Crippen molar-refractivity contribution in [1.29, 1.82) is 0 Å². The number of nitrogens with one attached hydrogen (secondary N) is 1. The van der Waals surface area contributed by atoms with Crippen LogP contribution in [-0.2, 0) is 4.79 Å². The number of nitrogens with two attached hydrogens (primary N) is 1. The minimum atomic E-state index is -0.249. The van der Waals surface area contributed by atoms with Gasteiger partial charge in [-0.15, -0.1) is 0 Å². The molecule has 1 rings (SSSR count). The van der Waals surface area contributed by atoms with E-state index >= 15 is 0 Å². The molecule has 1 amide bonds. The fourth-order valence-corrected chi connectivity index (χ4v) is 2.16. The lowest BCUT2D eigenvalue weighted by Crippen LogP contribution is -2.20. The van der Waals surface area contributed by atoms with Gasteiger partial charge in [-0.3, -0.25) is 4.79 Å². The number of unbranched alkanes of at least 4 members (excludes halogenated alkanes) is 1. The Balaban J connectivity index is 2.38. The van der Waals surface area contributed by atoms with Gasteiger partial charge >= 0.3 is 0 Å². The molecule has 1 atom stereocenters. The lowest BCUT2D eigenvalue weighted by atomic mass is 10.1. The van der Waals surface area contributed by atoms with E-state index in [0.717, 1.165) is 24.9 Å². The van der Waals surface area contributed by atoms with Crippen molar-refractivity contribution in [1.82, 2.24) is 5.32 Å². The van der Waals surface area contributed by atoms with Crippen molar-refractivity contribution in [2.75, 3.05) is 6.54 Å². The molecule has 0 saturated carbocycles. The fourth-order valence-electron chi connectivity index (χ4n) is 1.70. The molecule has 1 unspecified atom stereocenters. The Morgan fingerprint density at radius 2 is 2.11 bits per heavy atom. The summed E-state index contributed by atoms with van der Waals surface area (Å²) in [7, 11) is 0. The van der Waals surface area contributed by atoms with Crippen LogP contribution in [0.2, 0.25) is 10.0 Å². The molecule has 3 nitrogen and oxygen atoms in total. The number of rotatable bonds is 7. The first-order chi connectivity index (χ1) is 8.50. The van der Waals surface area contributed by atoms with E-state index in [1.165, 1.54) is 0 Å². The minimum Gasteiger partial charge on any atom is -0.370 e. The van der Waals surface area contributed by atoms with E-state index in [4.69, 9.17) is 28.9 Å². The average molecular weight is 289 g/mol. The second-order valence-electron chi connectivity index (χ2n) is 4.27. The summed E-state index contributed by atoms with van der Waals surface area (Å²) in [6.45, 7) is 2.85. The Morgan fingerprint density at radius 1 is 1.39 bits per heavy atom. The Labute approximate surface area is 118 Å². The maximum absolute atomic E-state index is 10.6. The van der Waals surface area contributed by atoms with Crippen molar-refractivity contribution in [3.05, 3.63) is 33.8 Å². The van der Waals surface area contributed by atoms with Gasteiger partial charge in [0, 0.05) is 22.5 Å². The van der Waals surface area contributed by atoms with Crippen LogP contribution in [0.4, 0.5) is 0 Å². The van der Waals surface area contributed by atoms with Crippen molar-refractivity contribution in [3.63, 3.8) is 0 Å². The van der Waals surface area contributed by atoms with E-state index in [1.807, 2.05) is 13.0 Å². The lowest BCUT2D eigenvalue weighted by Gasteiger charge is -2.15. The van der Waals surface area contributed by atoms with Crippen LogP contribution in [0.15, 0.2) is 18.2 Å². The van der Waals surface area contributed by atoms with Crippen LogP contribution in [0.5, 0.6) is 0 Å². The third-order valence-electron chi connectivity index (χ3n) is 2.73. The summed E-state index contributed by atoms with van der Waals surface area (Å²) in [5.74, 6) is -0.249. The number of hydrogen-bond donors (Lipinski definition) is 2. The number of carbonyl (C=O) groups is 1. The van der Waals surface area contributed by atoms with E-state index in [1.54, 1.807) is 12.1 Å². The maximum Gasteiger partial charge on any atom is 0.217 e. The highest BCUT2D eigenvalue weighted by Gasteiger charge is 2.09. The molecular formula is C13H18Cl2N2O. The molecule has 0 heterocycles. The number of hydrogen-bond acceptors (Lipinski definition) is 2. The van der Waals surface area contributed by atoms with Gasteiger partial charge in [0.05, 0.1) is 0 Å². The second kappa shape index (κ2) is 7.62. The van der Waals surface area contributed by atoms with E-state index in [2.05, 4.69) is 5.32 Å². The highest BCUT2D eigenvalue weighted by molar-refractivity contribution is 6.33. The van der Waals surface area contributed by atoms with Gasteiger partial charge < -0.3 is 11.1 Å². The first kappa shape index (κ1) is 15.3. The number of halogens is 2. The molecule has 0 fully saturated rings. The average Bonchev–Trinajstić information content (AvgIpc) is 2.31. The van der Waals surface area contributed by atoms with Crippen molar-refractivity contribution in [2.24, 2.45) is 5.73 Å². The van der Waals surface area contributed by atoms with Crippen LogP contribution < -0.4 is 11.1 Å². The minimum absolute atomic E-state index is 0.129. The smallest absolute Gasteiger partial charge is 0.217 e. The Kier molecular flexibility index (Phi) is 6.47. The molecule has 0 radical (unpaired) electrons. The summed E-state index contributed by atoms with van der Waals surface area (Å²) < 4.78 is 0. The quantitative estimate of drug-likeness (QED) is 0.757. The molecule has 0 spiro atoms. The first-order valence-corrected chi connectivity index (χ1v) is 6.73. The Bertz CT molecular complexity index is 410. The zero-order valence-electron chi connectivity index (χ0n) is 10.4. The Morgan fingerprint density at radius 3 is 2.78 bits per heavy atom. The molecule has 0 aliphatic heterocycles. The largest absolute Gasteiger partial charge is 0.370 e. The van der Waals surface area contributed by atoms with Gasteiger partial charge in [-0.05, 0) is 50.1 Å². The molecule has 0 aromatic heterocycles. The van der Waals surface area contributed by atoms with Gasteiger partial charge in [0.15, 0.2) is 0 Å². The van der Waals surface area contributed by atoms with Crippen LogP contribution in [0.1, 0.15) is 37.8 Å². The molecule has 0 saturated heterocycles. The molecular weight excluding hydrogens is 271 g/mol. The van der Waals surface area contributed by atoms with Gasteiger partial charge in [0.2, 0.25) is 5.91 Å². The normalized spacial score (nSPS) is 12.4. The van der Waals surface area contributed by atoms with Gasteiger partial charge in [-0.25, -0.2) is 0 Å². The maximum atomic E-state index is 10.6. The van der Waals surface area contributed by atoms with Gasteiger partial charge in [-0.2, -0.15) is 0 Å². The highest BCUT2D eigenvalue weighted by Crippen LogP contribution is 2.26. The van der Waals surface area contributed by atoms with E-state index in [9.17, 15) is 4.79 Å². The van der Waals surface area contributed by atoms with Gasteiger partial charge in [0.25, 0.3) is 0 Å². The topological polar surface area (TPSA) is 55.1 Å². The van der Waals surface area contributed by atoms with Crippen molar-refractivity contribution < 1.29 is 4.79 Å². The van der Waals surface area contributed by atoms with Gasteiger partial charge in [-0.1, -0.05) is 23.2 Å². The summed E-state index contributed by atoms with van der Waals surface area (Å²) >= 11 is 12.1. The highest BCUT2D eigenvalue weighted by atomic mass is 35.5. The third kappa shape index (κ3) is 5.25. The SMILES string of the molecule is CC(NCCCCC(N)=O)c1cc(Cl)ccc1Cl. The summed E-state index contributed by atoms with van der Waals surface area (Å²) in [6, 6.07) is 5.56. The van der Waals surface area contributed by atoms with Crippen LogP contribution in [0.25, 0.3) is 0 Å². The van der Waals surface area contributed by atoms with Gasteiger partial charge in [0.1, 0.15) is 0 Å². The number of amides is 1. The Hall–Kier alpha value is -0.770. The summed E-state index contributed by atoms with van der Waals surface area (Å²) in [5.41, 5.74) is 6.06. The standard InChI is InChI=1S/C13H18Cl2N2O/c1-9(17-7-3-2-4-13(16)18)11-8-10(14)5-6-12(11)15/h5-6,8-9,17H,2-4,7H2,1H3,(H2,16,18).